The average molecular weight is 395 g/mol. The molecule has 0 unspecified atom stereocenters. The number of thiophene rings is 2. The molecule has 2 aromatic heterocycles. The molecule has 0 aliphatic rings. The summed E-state index contributed by atoms with van der Waals surface area (Å²) in [6, 6.07) is 5.68. The van der Waals surface area contributed by atoms with Crippen molar-refractivity contribution >= 4 is 48.6 Å². The van der Waals surface area contributed by atoms with Crippen molar-refractivity contribution < 1.29 is 8.42 Å². The highest BCUT2D eigenvalue weighted by Crippen LogP contribution is 2.22. The third-order valence-corrected chi connectivity index (χ3v) is 6.79. The Kier molecular flexibility index (Phi) is 5.76. The first-order valence-electron chi connectivity index (χ1n) is 5.97. The fourth-order valence-electron chi connectivity index (χ4n) is 1.65. The van der Waals surface area contributed by atoms with Crippen LogP contribution in [0.1, 0.15) is 9.75 Å². The first-order valence-corrected chi connectivity index (χ1v) is 9.94. The Hall–Kier alpha value is -0.250. The lowest BCUT2D eigenvalue weighted by Crippen LogP contribution is -2.25. The minimum atomic E-state index is -3.40. The lowest BCUT2D eigenvalue weighted by molar-refractivity contribution is 0.582. The summed E-state index contributed by atoms with van der Waals surface area (Å²) in [5.74, 6) is 0. The van der Waals surface area contributed by atoms with E-state index in [9.17, 15) is 8.42 Å². The molecule has 0 amide bonds. The molecule has 0 aliphatic carbocycles. The third kappa shape index (κ3) is 4.37. The molecule has 0 atom stereocenters. The summed E-state index contributed by atoms with van der Waals surface area (Å²) in [6.45, 7) is 1.09. The zero-order valence-corrected chi connectivity index (χ0v) is 14.9. The highest BCUT2D eigenvalue weighted by molar-refractivity contribution is 9.11. The van der Waals surface area contributed by atoms with Crippen LogP contribution >= 0.6 is 38.6 Å². The standard InChI is InChI=1S/C12H15BrN2O2S3/c1-14-7-10-6-11(8-18-10)20(16,17)15-5-4-9-2-3-12(13)19-9/h2-3,6,8,14-15H,4-5,7H2,1H3. The van der Waals surface area contributed by atoms with Crippen molar-refractivity contribution in [3.8, 4) is 0 Å². The Balaban J connectivity index is 1.92. The van der Waals surface area contributed by atoms with E-state index >= 15 is 0 Å². The van der Waals surface area contributed by atoms with Gasteiger partial charge < -0.3 is 5.32 Å². The molecule has 8 heteroatoms. The van der Waals surface area contributed by atoms with Gasteiger partial charge in [-0.2, -0.15) is 0 Å². The van der Waals surface area contributed by atoms with Gasteiger partial charge in [0.1, 0.15) is 0 Å². The fourth-order valence-corrected chi connectivity index (χ4v) is 5.45. The molecule has 0 bridgehead atoms. The summed E-state index contributed by atoms with van der Waals surface area (Å²) < 4.78 is 27.9. The smallest absolute Gasteiger partial charge is 0.241 e. The van der Waals surface area contributed by atoms with Gasteiger partial charge >= 0.3 is 0 Å². The Morgan fingerprint density at radius 1 is 1.30 bits per heavy atom. The molecule has 20 heavy (non-hydrogen) atoms. The van der Waals surface area contributed by atoms with Crippen LogP contribution in [-0.4, -0.2) is 22.0 Å². The number of halogens is 1. The molecular weight excluding hydrogens is 380 g/mol. The monoisotopic (exact) mass is 394 g/mol. The van der Waals surface area contributed by atoms with Crippen molar-refractivity contribution in [3.05, 3.63) is 37.1 Å². The summed E-state index contributed by atoms with van der Waals surface area (Å²) in [4.78, 5) is 2.51. The molecule has 4 nitrogen and oxygen atoms in total. The molecular formula is C12H15BrN2O2S3. The van der Waals surface area contributed by atoms with Crippen LogP contribution in [0, 0.1) is 0 Å². The van der Waals surface area contributed by atoms with Crippen LogP contribution in [0.15, 0.2) is 32.3 Å². The van der Waals surface area contributed by atoms with Gasteiger partial charge in [-0.3, -0.25) is 0 Å². The van der Waals surface area contributed by atoms with Gasteiger partial charge in [-0.15, -0.1) is 22.7 Å². The van der Waals surface area contributed by atoms with E-state index in [1.54, 1.807) is 22.8 Å². The van der Waals surface area contributed by atoms with Crippen molar-refractivity contribution in [1.29, 1.82) is 0 Å². The predicted molar refractivity (Wildman–Crippen MR) is 88.0 cm³/mol. The molecule has 2 N–H and O–H groups in total. The zero-order valence-electron chi connectivity index (χ0n) is 10.8. The second-order valence-electron chi connectivity index (χ2n) is 4.13. The minimum absolute atomic E-state index is 0.347. The zero-order chi connectivity index (χ0) is 14.6. The van der Waals surface area contributed by atoms with E-state index in [4.69, 9.17) is 0 Å². The summed E-state index contributed by atoms with van der Waals surface area (Å²) in [6.07, 6.45) is 0.697. The Morgan fingerprint density at radius 2 is 2.10 bits per heavy atom. The van der Waals surface area contributed by atoms with Gasteiger partial charge in [0.15, 0.2) is 0 Å². The molecule has 0 aromatic carbocycles. The van der Waals surface area contributed by atoms with E-state index < -0.39 is 10.0 Å². The number of sulfonamides is 1. The predicted octanol–water partition coefficient (Wildman–Crippen LogP) is 2.81. The van der Waals surface area contributed by atoms with Crippen molar-refractivity contribution in [2.75, 3.05) is 13.6 Å². The van der Waals surface area contributed by atoms with Crippen molar-refractivity contribution in [1.82, 2.24) is 10.0 Å². The highest BCUT2D eigenvalue weighted by atomic mass is 79.9. The summed E-state index contributed by atoms with van der Waals surface area (Å²) in [5.41, 5.74) is 0. The van der Waals surface area contributed by atoms with Crippen LogP contribution in [0.3, 0.4) is 0 Å². The van der Waals surface area contributed by atoms with E-state index in [1.165, 1.54) is 11.3 Å². The summed E-state index contributed by atoms with van der Waals surface area (Å²) in [7, 11) is -1.56. The lowest BCUT2D eigenvalue weighted by Gasteiger charge is -2.03. The SMILES string of the molecule is CNCc1cc(S(=O)(=O)NCCc2ccc(Br)s2)cs1. The van der Waals surface area contributed by atoms with Gasteiger partial charge in [0.25, 0.3) is 0 Å². The second-order valence-corrected chi connectivity index (χ2v) is 9.44. The Bertz CT molecular complexity index is 664. The topological polar surface area (TPSA) is 58.2 Å². The second kappa shape index (κ2) is 7.15. The van der Waals surface area contributed by atoms with Gasteiger partial charge in [-0.05, 0) is 47.6 Å². The van der Waals surface area contributed by atoms with Crippen LogP contribution in [-0.2, 0) is 23.0 Å². The first-order chi connectivity index (χ1) is 9.51. The molecule has 0 saturated heterocycles. The number of hydrogen-bond donors (Lipinski definition) is 2. The number of rotatable bonds is 7. The molecule has 0 fully saturated rings. The quantitative estimate of drug-likeness (QED) is 0.758. The average Bonchev–Trinajstić information content (AvgIpc) is 2.99. The molecule has 2 heterocycles. The number of hydrogen-bond acceptors (Lipinski definition) is 5. The van der Waals surface area contributed by atoms with Crippen LogP contribution in [0.2, 0.25) is 0 Å². The van der Waals surface area contributed by atoms with E-state index in [1.807, 2.05) is 19.2 Å². The van der Waals surface area contributed by atoms with Gasteiger partial charge in [-0.25, -0.2) is 13.1 Å². The minimum Gasteiger partial charge on any atom is -0.315 e. The molecule has 0 aliphatic heterocycles. The maximum atomic E-state index is 12.1. The van der Waals surface area contributed by atoms with Gasteiger partial charge in [0, 0.05) is 28.2 Å². The Labute approximate surface area is 135 Å². The number of nitrogens with one attached hydrogen (secondary N) is 2. The largest absolute Gasteiger partial charge is 0.315 e. The van der Waals surface area contributed by atoms with Crippen LogP contribution in [0.4, 0.5) is 0 Å². The van der Waals surface area contributed by atoms with E-state index in [0.29, 0.717) is 24.4 Å². The lowest BCUT2D eigenvalue weighted by atomic mass is 10.3. The maximum Gasteiger partial charge on any atom is 0.241 e. The van der Waals surface area contributed by atoms with Crippen molar-refractivity contribution in [2.24, 2.45) is 0 Å². The third-order valence-electron chi connectivity index (χ3n) is 2.58. The van der Waals surface area contributed by atoms with Crippen LogP contribution in [0.5, 0.6) is 0 Å². The molecule has 0 saturated carbocycles. The highest BCUT2D eigenvalue weighted by Gasteiger charge is 2.15. The normalized spacial score (nSPS) is 11.9. The van der Waals surface area contributed by atoms with Crippen molar-refractivity contribution in [3.63, 3.8) is 0 Å². The molecule has 0 radical (unpaired) electrons. The van der Waals surface area contributed by atoms with Crippen LogP contribution < -0.4 is 10.0 Å². The molecule has 110 valence electrons. The van der Waals surface area contributed by atoms with E-state index in [2.05, 4.69) is 26.0 Å². The summed E-state index contributed by atoms with van der Waals surface area (Å²) in [5, 5.41) is 4.69. The van der Waals surface area contributed by atoms with Gasteiger partial charge in [0.05, 0.1) is 8.68 Å². The van der Waals surface area contributed by atoms with E-state index in [0.717, 1.165) is 13.5 Å². The first kappa shape index (κ1) is 16.1. The van der Waals surface area contributed by atoms with Crippen molar-refractivity contribution in [2.45, 2.75) is 17.9 Å². The van der Waals surface area contributed by atoms with E-state index in [-0.39, 0.29) is 0 Å². The molecule has 0 spiro atoms. The van der Waals surface area contributed by atoms with Crippen LogP contribution in [0.25, 0.3) is 0 Å². The maximum absolute atomic E-state index is 12.1. The van der Waals surface area contributed by atoms with Gasteiger partial charge in [-0.1, -0.05) is 0 Å². The Morgan fingerprint density at radius 3 is 2.75 bits per heavy atom. The van der Waals surface area contributed by atoms with Gasteiger partial charge in [0.2, 0.25) is 10.0 Å². The molecule has 2 aromatic rings. The fraction of sp³-hybridized carbons (Fsp3) is 0.333. The molecule has 2 rings (SSSR count). The summed E-state index contributed by atoms with van der Waals surface area (Å²) >= 11 is 6.46.